The second-order valence-corrected chi connectivity index (χ2v) is 8.73. The summed E-state index contributed by atoms with van der Waals surface area (Å²) in [6, 6.07) is 0.558. The van der Waals surface area contributed by atoms with Gasteiger partial charge in [0.2, 0.25) is 5.91 Å². The highest BCUT2D eigenvalue weighted by atomic mass is 16.2. The fourth-order valence-electron chi connectivity index (χ4n) is 5.40. The van der Waals surface area contributed by atoms with Gasteiger partial charge in [0.05, 0.1) is 5.92 Å². The highest BCUT2D eigenvalue weighted by molar-refractivity contribution is 5.80. The van der Waals surface area contributed by atoms with Crippen molar-refractivity contribution in [2.24, 2.45) is 22.5 Å². The Morgan fingerprint density at radius 3 is 2.55 bits per heavy atom. The molecule has 1 heterocycles. The molecule has 20 heavy (non-hydrogen) atoms. The van der Waals surface area contributed by atoms with Crippen LogP contribution in [0.25, 0.3) is 0 Å². The molecule has 4 unspecified atom stereocenters. The molecule has 3 rings (SSSR count). The number of nitrogens with zero attached hydrogens (tertiary/aromatic N) is 1. The van der Waals surface area contributed by atoms with Gasteiger partial charge in [-0.1, -0.05) is 33.6 Å². The first-order chi connectivity index (χ1) is 9.30. The van der Waals surface area contributed by atoms with E-state index >= 15 is 0 Å². The van der Waals surface area contributed by atoms with Gasteiger partial charge in [0.15, 0.2) is 0 Å². The van der Waals surface area contributed by atoms with Gasteiger partial charge in [0, 0.05) is 18.6 Å². The molecule has 114 valence electrons. The van der Waals surface area contributed by atoms with Crippen molar-refractivity contribution in [1.29, 1.82) is 0 Å². The van der Waals surface area contributed by atoms with E-state index in [1.807, 2.05) is 0 Å². The van der Waals surface area contributed by atoms with E-state index in [2.05, 4.69) is 25.7 Å². The first kappa shape index (κ1) is 14.4. The lowest BCUT2D eigenvalue weighted by Gasteiger charge is -2.40. The number of carbonyl (C=O) groups is 1. The molecule has 1 amide bonds. The summed E-state index contributed by atoms with van der Waals surface area (Å²) in [6.07, 6.45) is 8.00. The molecule has 1 aliphatic heterocycles. The lowest BCUT2D eigenvalue weighted by atomic mass is 9.65. The Labute approximate surface area is 123 Å². The number of fused-ring (bicyclic) bond motifs is 2. The first-order valence-electron chi connectivity index (χ1n) is 8.36. The minimum Gasteiger partial charge on any atom is -0.339 e. The lowest BCUT2D eigenvalue weighted by Crippen LogP contribution is -2.47. The Hall–Kier alpha value is -0.570. The van der Waals surface area contributed by atoms with Crippen LogP contribution in [0.15, 0.2) is 0 Å². The van der Waals surface area contributed by atoms with Crippen molar-refractivity contribution >= 4 is 5.91 Å². The predicted molar refractivity (Wildman–Crippen MR) is 81.2 cm³/mol. The van der Waals surface area contributed by atoms with Gasteiger partial charge in [-0.25, -0.2) is 0 Å². The van der Waals surface area contributed by atoms with E-state index in [4.69, 9.17) is 5.73 Å². The molecule has 2 bridgehead atoms. The molecule has 4 atom stereocenters. The van der Waals surface area contributed by atoms with Crippen molar-refractivity contribution in [3.63, 3.8) is 0 Å². The molecule has 3 heteroatoms. The number of carbonyl (C=O) groups excluding carboxylic acids is 1. The van der Waals surface area contributed by atoms with E-state index in [0.717, 1.165) is 25.8 Å². The largest absolute Gasteiger partial charge is 0.339 e. The Morgan fingerprint density at radius 2 is 1.85 bits per heavy atom. The maximum atomic E-state index is 13.0. The van der Waals surface area contributed by atoms with Gasteiger partial charge in [-0.2, -0.15) is 0 Å². The Bertz CT molecular complexity index is 406. The molecule has 0 aromatic heterocycles. The van der Waals surface area contributed by atoms with Crippen molar-refractivity contribution in [1.82, 2.24) is 4.90 Å². The zero-order valence-corrected chi connectivity index (χ0v) is 13.3. The number of rotatable bonds is 1. The average molecular weight is 278 g/mol. The maximum absolute atomic E-state index is 13.0. The van der Waals surface area contributed by atoms with Crippen LogP contribution in [0.3, 0.4) is 0 Å². The van der Waals surface area contributed by atoms with Crippen LogP contribution >= 0.6 is 0 Å². The molecule has 2 N–H and O–H groups in total. The predicted octanol–water partition coefficient (Wildman–Crippen LogP) is 2.93. The first-order valence-corrected chi connectivity index (χ1v) is 8.36. The molecule has 2 saturated carbocycles. The third-order valence-corrected chi connectivity index (χ3v) is 5.83. The second-order valence-electron chi connectivity index (χ2n) is 8.73. The van der Waals surface area contributed by atoms with Gasteiger partial charge in [-0.15, -0.1) is 0 Å². The Morgan fingerprint density at radius 1 is 1.15 bits per heavy atom. The molecular formula is C17H30N2O. The number of amides is 1. The number of likely N-dealkylation sites (tertiary alicyclic amines) is 1. The molecular weight excluding hydrogens is 248 g/mol. The zero-order valence-electron chi connectivity index (χ0n) is 13.3. The van der Waals surface area contributed by atoms with Crippen molar-refractivity contribution in [3.05, 3.63) is 0 Å². The van der Waals surface area contributed by atoms with Crippen LogP contribution in [0.4, 0.5) is 0 Å². The molecule has 0 aromatic carbocycles. The Balaban J connectivity index is 1.76. The number of hydrogen-bond donors (Lipinski definition) is 1. The normalized spacial score (nSPS) is 43.6. The highest BCUT2D eigenvalue weighted by Crippen LogP contribution is 2.52. The summed E-state index contributed by atoms with van der Waals surface area (Å²) in [6.45, 7) is 8.05. The van der Waals surface area contributed by atoms with Gasteiger partial charge < -0.3 is 10.6 Å². The van der Waals surface area contributed by atoms with Crippen molar-refractivity contribution < 1.29 is 4.79 Å². The van der Waals surface area contributed by atoms with Gasteiger partial charge in [-0.3, -0.25) is 4.79 Å². The smallest absolute Gasteiger partial charge is 0.227 e. The minimum absolute atomic E-state index is 0.0924. The average Bonchev–Trinajstić information content (AvgIpc) is 2.58. The standard InChI is InChI=1S/C17H30N2O/c1-16(2)8-12-9-17(3,10-16)11-19(12)15(20)13-6-4-5-7-14(13)18/h12-14H,4-11,18H2,1-3H3. The summed E-state index contributed by atoms with van der Waals surface area (Å²) in [5.74, 6) is 0.457. The molecule has 3 nitrogen and oxygen atoms in total. The van der Waals surface area contributed by atoms with E-state index in [1.54, 1.807) is 0 Å². The van der Waals surface area contributed by atoms with Crippen LogP contribution < -0.4 is 5.73 Å². The fraction of sp³-hybridized carbons (Fsp3) is 0.941. The van der Waals surface area contributed by atoms with Crippen LogP contribution in [-0.4, -0.2) is 29.4 Å². The van der Waals surface area contributed by atoms with Crippen molar-refractivity contribution in [2.45, 2.75) is 77.8 Å². The third kappa shape index (κ3) is 2.49. The van der Waals surface area contributed by atoms with E-state index < -0.39 is 0 Å². The summed E-state index contributed by atoms with van der Waals surface area (Å²) in [4.78, 5) is 15.2. The monoisotopic (exact) mass is 278 g/mol. The van der Waals surface area contributed by atoms with Crippen LogP contribution in [0.5, 0.6) is 0 Å². The lowest BCUT2D eigenvalue weighted by molar-refractivity contribution is -0.138. The molecule has 0 aromatic rings. The summed E-state index contributed by atoms with van der Waals surface area (Å²) < 4.78 is 0. The quantitative estimate of drug-likeness (QED) is 0.801. The van der Waals surface area contributed by atoms with E-state index in [0.29, 0.717) is 22.8 Å². The molecule has 1 saturated heterocycles. The van der Waals surface area contributed by atoms with Crippen LogP contribution in [0.2, 0.25) is 0 Å². The van der Waals surface area contributed by atoms with Gasteiger partial charge >= 0.3 is 0 Å². The van der Waals surface area contributed by atoms with Crippen molar-refractivity contribution in [3.8, 4) is 0 Å². The van der Waals surface area contributed by atoms with Gasteiger partial charge in [0.1, 0.15) is 0 Å². The van der Waals surface area contributed by atoms with Crippen LogP contribution in [0.1, 0.15) is 65.7 Å². The van der Waals surface area contributed by atoms with Gasteiger partial charge in [0.25, 0.3) is 0 Å². The third-order valence-electron chi connectivity index (χ3n) is 5.83. The van der Waals surface area contributed by atoms with E-state index in [9.17, 15) is 4.79 Å². The Kier molecular flexibility index (Phi) is 3.39. The summed E-state index contributed by atoms with van der Waals surface area (Å²) in [7, 11) is 0. The second kappa shape index (κ2) is 4.72. The van der Waals surface area contributed by atoms with E-state index in [1.165, 1.54) is 25.7 Å². The number of nitrogens with two attached hydrogens (primary N) is 1. The van der Waals surface area contributed by atoms with Crippen molar-refractivity contribution in [2.75, 3.05) is 6.54 Å². The SMILES string of the molecule is CC1(C)CC2CC(C)(CN2C(=O)C2CCCCC2N)C1. The molecule has 2 aliphatic carbocycles. The molecule has 0 spiro atoms. The van der Waals surface area contributed by atoms with Crippen LogP contribution in [0, 0.1) is 16.7 Å². The topological polar surface area (TPSA) is 46.3 Å². The van der Waals surface area contributed by atoms with Gasteiger partial charge in [-0.05, 0) is 42.9 Å². The fourth-order valence-corrected chi connectivity index (χ4v) is 5.40. The maximum Gasteiger partial charge on any atom is 0.227 e. The summed E-state index contributed by atoms with van der Waals surface area (Å²) in [5, 5.41) is 0. The molecule has 3 fully saturated rings. The highest BCUT2D eigenvalue weighted by Gasteiger charge is 2.52. The molecule has 3 aliphatic rings. The summed E-state index contributed by atoms with van der Waals surface area (Å²) >= 11 is 0. The number of hydrogen-bond acceptors (Lipinski definition) is 2. The van der Waals surface area contributed by atoms with E-state index in [-0.39, 0.29) is 12.0 Å². The van der Waals surface area contributed by atoms with Crippen LogP contribution in [-0.2, 0) is 4.79 Å². The summed E-state index contributed by atoms with van der Waals surface area (Å²) in [5.41, 5.74) is 6.93. The molecule has 0 radical (unpaired) electrons. The minimum atomic E-state index is 0.0924. The zero-order chi connectivity index (χ0) is 14.5.